The quantitative estimate of drug-likeness (QED) is 0.490. The highest BCUT2D eigenvalue weighted by Crippen LogP contribution is 2.21. The number of aromatic nitrogens is 4. The van der Waals surface area contributed by atoms with Crippen LogP contribution in [0.3, 0.4) is 0 Å². The van der Waals surface area contributed by atoms with E-state index in [1.54, 1.807) is 24.3 Å². The van der Waals surface area contributed by atoms with Gasteiger partial charge in [-0.05, 0) is 54.6 Å². The summed E-state index contributed by atoms with van der Waals surface area (Å²) in [5.41, 5.74) is 1.14. The summed E-state index contributed by atoms with van der Waals surface area (Å²) in [6.45, 7) is 4.07. The smallest absolute Gasteiger partial charge is 0.273 e. The molecule has 0 saturated heterocycles. The highest BCUT2D eigenvalue weighted by atomic mass is 16.6. The molecule has 0 spiro atoms. The first-order valence-electron chi connectivity index (χ1n) is 8.54. The van der Waals surface area contributed by atoms with Gasteiger partial charge in [0.05, 0.1) is 23.8 Å². The van der Waals surface area contributed by atoms with Gasteiger partial charge in [-0.15, -0.1) is 5.10 Å². The molecule has 10 nitrogen and oxygen atoms in total. The number of tetrazole rings is 1. The van der Waals surface area contributed by atoms with Crippen LogP contribution < -0.4 is 10.1 Å². The van der Waals surface area contributed by atoms with Crippen LogP contribution in [0.25, 0.3) is 5.69 Å². The van der Waals surface area contributed by atoms with Crippen LogP contribution in [0.1, 0.15) is 28.7 Å². The predicted octanol–water partition coefficient (Wildman–Crippen LogP) is 2.21. The number of amides is 1. The van der Waals surface area contributed by atoms with E-state index in [1.165, 1.54) is 29.8 Å². The lowest BCUT2D eigenvalue weighted by Gasteiger charge is -2.09. The molecule has 0 saturated carbocycles. The van der Waals surface area contributed by atoms with Crippen LogP contribution in [-0.4, -0.2) is 37.6 Å². The van der Waals surface area contributed by atoms with E-state index in [-0.39, 0.29) is 17.8 Å². The van der Waals surface area contributed by atoms with E-state index in [0.717, 1.165) is 5.75 Å². The third-order valence-electron chi connectivity index (χ3n) is 4.08. The number of hydrogen-bond donors (Lipinski definition) is 1. The summed E-state index contributed by atoms with van der Waals surface area (Å²) in [7, 11) is 0. The minimum Gasteiger partial charge on any atom is -0.494 e. The van der Waals surface area contributed by atoms with E-state index in [2.05, 4.69) is 20.8 Å². The Morgan fingerprint density at radius 3 is 2.68 bits per heavy atom. The number of nitrogens with one attached hydrogen (secondary N) is 1. The maximum atomic E-state index is 12.5. The molecule has 10 heteroatoms. The number of ether oxygens (including phenoxy) is 1. The van der Waals surface area contributed by atoms with Crippen LogP contribution >= 0.6 is 0 Å². The fourth-order valence-electron chi connectivity index (χ4n) is 2.69. The van der Waals surface area contributed by atoms with Gasteiger partial charge in [0.1, 0.15) is 5.75 Å². The van der Waals surface area contributed by atoms with Crippen LogP contribution in [0, 0.1) is 17.0 Å². The van der Waals surface area contributed by atoms with Gasteiger partial charge in [-0.1, -0.05) is 6.07 Å². The zero-order valence-electron chi connectivity index (χ0n) is 15.3. The van der Waals surface area contributed by atoms with Crippen molar-refractivity contribution in [3.8, 4) is 11.4 Å². The average molecular weight is 382 g/mol. The molecule has 0 aliphatic heterocycles. The number of nitro benzene ring substituents is 1. The second-order valence-electron chi connectivity index (χ2n) is 5.82. The summed E-state index contributed by atoms with van der Waals surface area (Å²) in [4.78, 5) is 23.0. The summed E-state index contributed by atoms with van der Waals surface area (Å²) < 4.78 is 6.90. The van der Waals surface area contributed by atoms with Crippen molar-refractivity contribution in [1.29, 1.82) is 0 Å². The molecule has 1 amide bonds. The van der Waals surface area contributed by atoms with E-state index >= 15 is 0 Å². The zero-order valence-corrected chi connectivity index (χ0v) is 15.3. The number of carbonyl (C=O) groups excluding carboxylic acids is 1. The fourth-order valence-corrected chi connectivity index (χ4v) is 2.69. The first-order valence-corrected chi connectivity index (χ1v) is 8.54. The Kier molecular flexibility index (Phi) is 5.58. The van der Waals surface area contributed by atoms with Gasteiger partial charge in [-0.25, -0.2) is 0 Å². The van der Waals surface area contributed by atoms with Crippen molar-refractivity contribution in [2.75, 3.05) is 6.61 Å². The lowest BCUT2D eigenvalue weighted by Crippen LogP contribution is -2.25. The molecule has 3 rings (SSSR count). The van der Waals surface area contributed by atoms with Gasteiger partial charge in [0, 0.05) is 17.2 Å². The highest BCUT2D eigenvalue weighted by molar-refractivity contribution is 5.96. The molecule has 2 aromatic carbocycles. The molecule has 28 heavy (non-hydrogen) atoms. The number of benzene rings is 2. The first-order chi connectivity index (χ1) is 13.5. The van der Waals surface area contributed by atoms with Crippen LogP contribution in [0.5, 0.6) is 5.75 Å². The third kappa shape index (κ3) is 3.95. The van der Waals surface area contributed by atoms with Gasteiger partial charge >= 0.3 is 0 Å². The normalized spacial score (nSPS) is 10.5. The minimum atomic E-state index is -0.515. The Bertz CT molecular complexity index is 1000. The highest BCUT2D eigenvalue weighted by Gasteiger charge is 2.18. The van der Waals surface area contributed by atoms with Crippen molar-refractivity contribution in [2.24, 2.45) is 0 Å². The standard InChI is InChI=1S/C18H18N6O4/c1-3-28-14-9-7-13(8-10-14)23-17(20-21-22-23)11-19-18(25)15-5-4-6-16(12(15)2)24(26)27/h4-10H,3,11H2,1-2H3,(H,19,25). The lowest BCUT2D eigenvalue weighted by molar-refractivity contribution is -0.385. The van der Waals surface area contributed by atoms with Crippen molar-refractivity contribution in [1.82, 2.24) is 25.5 Å². The fraction of sp³-hybridized carbons (Fsp3) is 0.222. The summed E-state index contributed by atoms with van der Waals surface area (Å²) >= 11 is 0. The maximum absolute atomic E-state index is 12.5. The van der Waals surface area contributed by atoms with Crippen molar-refractivity contribution < 1.29 is 14.5 Å². The molecule has 144 valence electrons. The molecule has 0 aliphatic carbocycles. The van der Waals surface area contributed by atoms with Crippen molar-refractivity contribution in [3.05, 3.63) is 69.5 Å². The Labute approximate surface area is 160 Å². The van der Waals surface area contributed by atoms with E-state index in [4.69, 9.17) is 4.74 Å². The van der Waals surface area contributed by atoms with E-state index < -0.39 is 10.8 Å². The SMILES string of the molecule is CCOc1ccc(-n2nnnc2CNC(=O)c2cccc([N+](=O)[O-])c2C)cc1. The number of rotatable bonds is 7. The van der Waals surface area contributed by atoms with Gasteiger partial charge in [-0.2, -0.15) is 4.68 Å². The Morgan fingerprint density at radius 2 is 2.00 bits per heavy atom. The van der Waals surface area contributed by atoms with Crippen molar-refractivity contribution >= 4 is 11.6 Å². The van der Waals surface area contributed by atoms with E-state index in [1.807, 2.05) is 6.92 Å². The molecule has 3 aromatic rings. The molecule has 0 aliphatic rings. The van der Waals surface area contributed by atoms with Gasteiger partial charge in [-0.3, -0.25) is 14.9 Å². The lowest BCUT2D eigenvalue weighted by atomic mass is 10.1. The topological polar surface area (TPSA) is 125 Å². The van der Waals surface area contributed by atoms with Crippen LogP contribution in [0.2, 0.25) is 0 Å². The second kappa shape index (κ2) is 8.25. The molecule has 0 atom stereocenters. The van der Waals surface area contributed by atoms with E-state index in [0.29, 0.717) is 23.7 Å². The number of nitro groups is 1. The number of carbonyl (C=O) groups is 1. The number of hydrogen-bond acceptors (Lipinski definition) is 7. The molecule has 0 bridgehead atoms. The Morgan fingerprint density at radius 1 is 1.25 bits per heavy atom. The summed E-state index contributed by atoms with van der Waals surface area (Å²) in [6, 6.07) is 11.6. The summed E-state index contributed by atoms with van der Waals surface area (Å²) in [5, 5.41) is 25.3. The molecule has 0 fully saturated rings. The molecule has 1 N–H and O–H groups in total. The van der Waals surface area contributed by atoms with Crippen LogP contribution in [0.15, 0.2) is 42.5 Å². The third-order valence-corrected chi connectivity index (χ3v) is 4.08. The van der Waals surface area contributed by atoms with Crippen LogP contribution in [-0.2, 0) is 6.54 Å². The maximum Gasteiger partial charge on any atom is 0.273 e. The molecular weight excluding hydrogens is 364 g/mol. The molecule has 1 aromatic heterocycles. The molecular formula is C18H18N6O4. The minimum absolute atomic E-state index is 0.0567. The predicted molar refractivity (Wildman–Crippen MR) is 99.3 cm³/mol. The van der Waals surface area contributed by atoms with Gasteiger partial charge in [0.25, 0.3) is 11.6 Å². The van der Waals surface area contributed by atoms with Crippen molar-refractivity contribution in [3.63, 3.8) is 0 Å². The molecule has 1 heterocycles. The van der Waals surface area contributed by atoms with Gasteiger partial charge in [0.15, 0.2) is 5.82 Å². The van der Waals surface area contributed by atoms with Crippen molar-refractivity contribution in [2.45, 2.75) is 20.4 Å². The number of nitrogens with zero attached hydrogens (tertiary/aromatic N) is 5. The van der Waals surface area contributed by atoms with Gasteiger partial charge < -0.3 is 10.1 Å². The molecule has 0 radical (unpaired) electrons. The average Bonchev–Trinajstić information content (AvgIpc) is 3.15. The zero-order chi connectivity index (χ0) is 20.1. The second-order valence-corrected chi connectivity index (χ2v) is 5.82. The monoisotopic (exact) mass is 382 g/mol. The van der Waals surface area contributed by atoms with E-state index in [9.17, 15) is 14.9 Å². The Hall–Kier alpha value is -3.82. The van der Waals surface area contributed by atoms with Crippen LogP contribution in [0.4, 0.5) is 5.69 Å². The molecule has 0 unspecified atom stereocenters. The largest absolute Gasteiger partial charge is 0.494 e. The summed E-state index contributed by atoms with van der Waals surface area (Å²) in [5.74, 6) is 0.707. The summed E-state index contributed by atoms with van der Waals surface area (Å²) in [6.07, 6.45) is 0. The first kappa shape index (κ1) is 19.0. The Balaban J connectivity index is 1.74. The van der Waals surface area contributed by atoms with Gasteiger partial charge in [0.2, 0.25) is 0 Å².